The minimum absolute atomic E-state index is 0.0474. The van der Waals surface area contributed by atoms with Gasteiger partial charge in [0.25, 0.3) is 0 Å². The molecule has 2 aliphatic rings. The van der Waals surface area contributed by atoms with Crippen molar-refractivity contribution in [3.63, 3.8) is 0 Å². The standard InChI is InChI=1S/C26H34FN9O/c1-15(2)36-16(3)29-21-7-6-19(30-24(21)36)17-8-11-35-22(17)23(28-5)32-25(33-35)31-20-9-10-34(12-18(20)27)26(4)13-37-14-26/h6-8,11,15,18,20H,9-10,12-14H2,1-5H3,(H2,28,31,32,33)/t18-,20+/m0/s1. The Hall–Kier alpha value is -3.31. The predicted octanol–water partition coefficient (Wildman–Crippen LogP) is 3.69. The fraction of sp³-hybridized carbons (Fsp3) is 0.538. The van der Waals surface area contributed by atoms with Crippen LogP contribution in [0.4, 0.5) is 16.2 Å². The molecular weight excluding hydrogens is 473 g/mol. The van der Waals surface area contributed by atoms with Crippen LogP contribution < -0.4 is 10.6 Å². The number of hydrogen-bond donors (Lipinski definition) is 2. The molecule has 2 atom stereocenters. The molecule has 11 heteroatoms. The van der Waals surface area contributed by atoms with Crippen LogP contribution in [0.3, 0.4) is 0 Å². The second-order valence-corrected chi connectivity index (χ2v) is 10.7. The minimum Gasteiger partial charge on any atom is -0.377 e. The first kappa shape index (κ1) is 24.1. The van der Waals surface area contributed by atoms with Crippen LogP contribution in [0.5, 0.6) is 0 Å². The molecule has 37 heavy (non-hydrogen) atoms. The summed E-state index contributed by atoms with van der Waals surface area (Å²) >= 11 is 0. The lowest BCUT2D eigenvalue weighted by atomic mass is 9.92. The van der Waals surface area contributed by atoms with Gasteiger partial charge in [-0.05, 0) is 52.3 Å². The number of aromatic nitrogens is 6. The van der Waals surface area contributed by atoms with Gasteiger partial charge in [0.05, 0.1) is 30.5 Å². The molecule has 0 unspecified atom stereocenters. The van der Waals surface area contributed by atoms with E-state index < -0.39 is 6.17 Å². The van der Waals surface area contributed by atoms with Crippen LogP contribution >= 0.6 is 0 Å². The van der Waals surface area contributed by atoms with Crippen LogP contribution in [-0.4, -0.2) is 85.1 Å². The van der Waals surface area contributed by atoms with Gasteiger partial charge in [-0.3, -0.25) is 4.90 Å². The number of nitrogens with one attached hydrogen (secondary N) is 2. The summed E-state index contributed by atoms with van der Waals surface area (Å²) < 4.78 is 24.5. The summed E-state index contributed by atoms with van der Waals surface area (Å²) in [6, 6.07) is 5.88. The van der Waals surface area contributed by atoms with Crippen molar-refractivity contribution in [2.45, 2.75) is 57.9 Å². The molecule has 2 aliphatic heterocycles. The van der Waals surface area contributed by atoms with Crippen molar-refractivity contribution in [1.82, 2.24) is 34.0 Å². The zero-order valence-corrected chi connectivity index (χ0v) is 22.0. The van der Waals surface area contributed by atoms with Crippen molar-refractivity contribution in [3.8, 4) is 11.3 Å². The van der Waals surface area contributed by atoms with Crippen LogP contribution in [0.25, 0.3) is 27.9 Å². The molecule has 0 aromatic carbocycles. The van der Waals surface area contributed by atoms with Crippen LogP contribution in [0.2, 0.25) is 0 Å². The lowest BCUT2D eigenvalue weighted by Crippen LogP contribution is -2.64. The summed E-state index contributed by atoms with van der Waals surface area (Å²) in [6.45, 7) is 10.9. The highest BCUT2D eigenvalue weighted by Gasteiger charge is 2.43. The van der Waals surface area contributed by atoms with E-state index in [2.05, 4.69) is 51.0 Å². The zero-order valence-electron chi connectivity index (χ0n) is 22.0. The Labute approximate surface area is 215 Å². The summed E-state index contributed by atoms with van der Waals surface area (Å²) in [5.41, 5.74) is 4.24. The van der Waals surface area contributed by atoms with Crippen molar-refractivity contribution < 1.29 is 9.13 Å². The van der Waals surface area contributed by atoms with Crippen molar-refractivity contribution in [1.29, 1.82) is 0 Å². The van der Waals surface area contributed by atoms with Crippen LogP contribution in [0, 0.1) is 6.92 Å². The van der Waals surface area contributed by atoms with Gasteiger partial charge >= 0.3 is 0 Å². The number of imidazole rings is 1. The quantitative estimate of drug-likeness (QED) is 0.408. The Morgan fingerprint density at radius 2 is 1.97 bits per heavy atom. The highest BCUT2D eigenvalue weighted by molar-refractivity contribution is 5.89. The minimum atomic E-state index is -1.02. The van der Waals surface area contributed by atoms with E-state index in [1.165, 1.54) is 0 Å². The second kappa shape index (κ2) is 8.91. The molecule has 4 aromatic rings. The topological polar surface area (TPSA) is 97.4 Å². The summed E-state index contributed by atoms with van der Waals surface area (Å²) in [7, 11) is 1.83. The highest BCUT2D eigenvalue weighted by atomic mass is 19.1. The normalized spacial score (nSPS) is 22.0. The number of aryl methyl sites for hydroxylation is 1. The number of anilines is 2. The van der Waals surface area contributed by atoms with Crippen molar-refractivity contribution >= 4 is 28.4 Å². The average molecular weight is 508 g/mol. The first-order chi connectivity index (χ1) is 17.8. The molecule has 2 saturated heterocycles. The van der Waals surface area contributed by atoms with Gasteiger partial charge in [-0.25, -0.2) is 18.9 Å². The highest BCUT2D eigenvalue weighted by Crippen LogP contribution is 2.32. The molecule has 4 aromatic heterocycles. The Bertz CT molecular complexity index is 1460. The lowest BCUT2D eigenvalue weighted by Gasteiger charge is -2.50. The van der Waals surface area contributed by atoms with E-state index >= 15 is 4.39 Å². The second-order valence-electron chi connectivity index (χ2n) is 10.7. The van der Waals surface area contributed by atoms with E-state index in [0.717, 1.165) is 40.3 Å². The Balaban J connectivity index is 1.30. The molecule has 0 saturated carbocycles. The van der Waals surface area contributed by atoms with Gasteiger partial charge in [0.15, 0.2) is 11.5 Å². The fourth-order valence-corrected chi connectivity index (χ4v) is 5.63. The monoisotopic (exact) mass is 507 g/mol. The van der Waals surface area contributed by atoms with Crippen molar-refractivity contribution in [2.24, 2.45) is 0 Å². The van der Waals surface area contributed by atoms with E-state index in [9.17, 15) is 0 Å². The molecule has 0 radical (unpaired) electrons. The van der Waals surface area contributed by atoms with E-state index in [1.54, 1.807) is 4.52 Å². The molecule has 196 valence electrons. The number of piperidine rings is 1. The largest absolute Gasteiger partial charge is 0.377 e. The maximum Gasteiger partial charge on any atom is 0.243 e. The number of rotatable bonds is 6. The first-order valence-electron chi connectivity index (χ1n) is 12.9. The number of hydrogen-bond acceptors (Lipinski definition) is 8. The molecule has 6 heterocycles. The van der Waals surface area contributed by atoms with Gasteiger partial charge in [0.2, 0.25) is 5.95 Å². The molecule has 0 aliphatic carbocycles. The molecule has 0 bridgehead atoms. The fourth-order valence-electron chi connectivity index (χ4n) is 5.63. The summed E-state index contributed by atoms with van der Waals surface area (Å²) in [4.78, 5) is 16.6. The maximum absolute atomic E-state index is 15.2. The van der Waals surface area contributed by atoms with Gasteiger partial charge in [0, 0.05) is 37.9 Å². The summed E-state index contributed by atoms with van der Waals surface area (Å²) in [5.74, 6) is 1.99. The summed E-state index contributed by atoms with van der Waals surface area (Å²) in [5, 5.41) is 11.1. The number of fused-ring (bicyclic) bond motifs is 2. The number of nitrogens with zero attached hydrogens (tertiary/aromatic N) is 7. The zero-order chi connectivity index (χ0) is 25.9. The van der Waals surface area contributed by atoms with E-state index in [1.807, 2.05) is 38.4 Å². The lowest BCUT2D eigenvalue weighted by molar-refractivity contribution is -0.142. The Kier molecular flexibility index (Phi) is 5.79. The number of alkyl halides is 1. The van der Waals surface area contributed by atoms with Crippen molar-refractivity contribution in [3.05, 3.63) is 30.2 Å². The molecule has 6 rings (SSSR count). The van der Waals surface area contributed by atoms with Gasteiger partial charge in [0.1, 0.15) is 23.0 Å². The number of halogens is 1. The van der Waals surface area contributed by atoms with Gasteiger partial charge in [-0.2, -0.15) is 4.98 Å². The van der Waals surface area contributed by atoms with Crippen LogP contribution in [0.1, 0.15) is 39.1 Å². The van der Waals surface area contributed by atoms with Crippen LogP contribution in [-0.2, 0) is 4.74 Å². The van der Waals surface area contributed by atoms with Gasteiger partial charge in [-0.1, -0.05) is 0 Å². The molecule has 10 nitrogen and oxygen atoms in total. The Morgan fingerprint density at radius 3 is 2.65 bits per heavy atom. The molecule has 2 N–H and O–H groups in total. The third-order valence-electron chi connectivity index (χ3n) is 7.70. The predicted molar refractivity (Wildman–Crippen MR) is 142 cm³/mol. The number of ether oxygens (including phenoxy) is 1. The first-order valence-corrected chi connectivity index (χ1v) is 12.9. The van der Waals surface area contributed by atoms with Crippen molar-refractivity contribution in [2.75, 3.05) is 44.0 Å². The Morgan fingerprint density at radius 1 is 1.16 bits per heavy atom. The van der Waals surface area contributed by atoms with Gasteiger partial charge < -0.3 is 19.9 Å². The maximum atomic E-state index is 15.2. The average Bonchev–Trinajstić information content (AvgIpc) is 3.43. The molecular formula is C26H34FN9O. The SMILES string of the molecule is CNc1nc(N[C@@H]2CCN(C3(C)COC3)C[C@@H]2F)nn2ccc(-c3ccc4nc(C)n(C(C)C)c4n3)c12. The third-order valence-corrected chi connectivity index (χ3v) is 7.70. The van der Waals surface area contributed by atoms with Gasteiger partial charge in [-0.15, -0.1) is 5.10 Å². The third kappa shape index (κ3) is 4.00. The van der Waals surface area contributed by atoms with E-state index in [4.69, 9.17) is 14.7 Å². The van der Waals surface area contributed by atoms with E-state index in [-0.39, 0.29) is 17.6 Å². The molecule has 2 fully saturated rings. The number of likely N-dealkylation sites (tertiary alicyclic amines) is 1. The molecule has 0 amide bonds. The summed E-state index contributed by atoms with van der Waals surface area (Å²) in [6.07, 6.45) is 1.55. The smallest absolute Gasteiger partial charge is 0.243 e. The molecule has 0 spiro atoms. The van der Waals surface area contributed by atoms with E-state index in [0.29, 0.717) is 37.9 Å². The number of pyridine rings is 1. The van der Waals surface area contributed by atoms with Crippen LogP contribution in [0.15, 0.2) is 24.4 Å².